The van der Waals surface area contributed by atoms with Crippen molar-refractivity contribution in [3.63, 3.8) is 0 Å². The van der Waals surface area contributed by atoms with E-state index in [4.69, 9.17) is 0 Å². The number of hydrogen-bond acceptors (Lipinski definition) is 3. The maximum Gasteiger partial charge on any atom is 0.133 e. The quantitative estimate of drug-likeness (QED) is 0.609. The van der Waals surface area contributed by atoms with Crippen LogP contribution in [0.3, 0.4) is 0 Å². The van der Waals surface area contributed by atoms with Crippen LogP contribution >= 0.6 is 0 Å². The van der Waals surface area contributed by atoms with E-state index >= 15 is 0 Å². The molecule has 0 amide bonds. The first-order valence-electron chi connectivity index (χ1n) is 13.0. The normalized spacial score (nSPS) is 49.5. The number of aliphatic hydroxyl groups is 2. The second-order valence-electron chi connectivity index (χ2n) is 12.6. The van der Waals surface area contributed by atoms with E-state index in [1.807, 2.05) is 0 Å². The number of fused-ring (bicyclic) bond motifs is 5. The average molecular weight is 419 g/mol. The van der Waals surface area contributed by atoms with Crippen LogP contribution in [-0.4, -0.2) is 28.2 Å². The Balaban J connectivity index is 1.56. The Labute approximate surface area is 184 Å². The van der Waals surface area contributed by atoms with Crippen molar-refractivity contribution in [2.75, 3.05) is 0 Å². The predicted molar refractivity (Wildman–Crippen MR) is 121 cm³/mol. The summed E-state index contributed by atoms with van der Waals surface area (Å²) < 4.78 is 0. The van der Waals surface area contributed by atoms with Gasteiger partial charge in [0.1, 0.15) is 5.78 Å². The molecule has 4 aliphatic carbocycles. The zero-order valence-corrected chi connectivity index (χ0v) is 20.1. The Bertz CT molecular complexity index is 644. The summed E-state index contributed by atoms with van der Waals surface area (Å²) in [4.78, 5) is 12.1. The molecule has 10 unspecified atom stereocenters. The molecule has 30 heavy (non-hydrogen) atoms. The zero-order valence-electron chi connectivity index (χ0n) is 20.1. The third-order valence-electron chi connectivity index (χ3n) is 10.8. The summed E-state index contributed by atoms with van der Waals surface area (Å²) in [5.74, 6) is 3.74. The monoisotopic (exact) mass is 418 g/mol. The molecule has 0 spiro atoms. The fraction of sp³-hybridized carbons (Fsp3) is 0.963. The number of ketones is 1. The van der Waals surface area contributed by atoms with Gasteiger partial charge < -0.3 is 10.2 Å². The summed E-state index contributed by atoms with van der Waals surface area (Å²) in [5, 5.41) is 22.9. The van der Waals surface area contributed by atoms with Crippen LogP contribution in [0.25, 0.3) is 0 Å². The molecule has 4 fully saturated rings. The maximum absolute atomic E-state index is 12.1. The zero-order chi connectivity index (χ0) is 21.8. The molecule has 0 saturated heterocycles. The van der Waals surface area contributed by atoms with Crippen molar-refractivity contribution in [1.29, 1.82) is 0 Å². The van der Waals surface area contributed by atoms with Gasteiger partial charge in [0.05, 0.1) is 12.2 Å². The first-order valence-corrected chi connectivity index (χ1v) is 13.0. The van der Waals surface area contributed by atoms with Gasteiger partial charge in [-0.2, -0.15) is 0 Å². The van der Waals surface area contributed by atoms with Crippen LogP contribution in [0.5, 0.6) is 0 Å². The molecule has 0 aromatic heterocycles. The third kappa shape index (κ3) is 3.51. The highest BCUT2D eigenvalue weighted by atomic mass is 16.3. The molecule has 4 aliphatic rings. The Morgan fingerprint density at radius 1 is 1.03 bits per heavy atom. The van der Waals surface area contributed by atoms with Gasteiger partial charge in [0.25, 0.3) is 0 Å². The number of Topliss-reactive ketones (excluding diaryl/α,β-unsaturated/α-hetero) is 1. The van der Waals surface area contributed by atoms with E-state index in [2.05, 4.69) is 34.6 Å². The average Bonchev–Trinajstić information content (AvgIpc) is 3.02. The van der Waals surface area contributed by atoms with Gasteiger partial charge >= 0.3 is 0 Å². The minimum absolute atomic E-state index is 0.0624. The fourth-order valence-corrected chi connectivity index (χ4v) is 8.99. The van der Waals surface area contributed by atoms with Crippen molar-refractivity contribution in [2.24, 2.45) is 52.3 Å². The van der Waals surface area contributed by atoms with E-state index < -0.39 is 0 Å². The fourth-order valence-electron chi connectivity index (χ4n) is 8.99. The molecule has 10 atom stereocenters. The van der Waals surface area contributed by atoms with Crippen molar-refractivity contribution in [2.45, 2.75) is 111 Å². The van der Waals surface area contributed by atoms with E-state index in [9.17, 15) is 15.0 Å². The molecule has 0 bridgehead atoms. The Hall–Kier alpha value is -0.410. The van der Waals surface area contributed by atoms with Gasteiger partial charge in [-0.1, -0.05) is 53.9 Å². The van der Waals surface area contributed by atoms with E-state index in [1.54, 1.807) is 0 Å². The van der Waals surface area contributed by atoms with Crippen LogP contribution in [0.15, 0.2) is 0 Å². The maximum atomic E-state index is 12.1. The molecule has 0 aliphatic heterocycles. The first kappa shape index (κ1) is 22.8. The Kier molecular flexibility index (Phi) is 6.21. The molecular formula is C27H46O3. The van der Waals surface area contributed by atoms with Gasteiger partial charge in [0.2, 0.25) is 0 Å². The second kappa shape index (κ2) is 8.18. The summed E-state index contributed by atoms with van der Waals surface area (Å²) in [6, 6.07) is 0. The van der Waals surface area contributed by atoms with Gasteiger partial charge in [-0.05, 0) is 84.4 Å². The lowest BCUT2D eigenvalue weighted by Crippen LogP contribution is -2.62. The molecule has 0 aromatic carbocycles. The van der Waals surface area contributed by atoms with E-state index in [0.717, 1.165) is 31.6 Å². The molecule has 3 heteroatoms. The lowest BCUT2D eigenvalue weighted by atomic mass is 9.43. The highest BCUT2D eigenvalue weighted by Gasteiger charge is 2.65. The van der Waals surface area contributed by atoms with Gasteiger partial charge in [0, 0.05) is 12.8 Å². The van der Waals surface area contributed by atoms with Crippen LogP contribution in [0.4, 0.5) is 0 Å². The summed E-state index contributed by atoms with van der Waals surface area (Å²) in [6.07, 6.45) is 9.54. The summed E-state index contributed by atoms with van der Waals surface area (Å²) in [7, 11) is 0. The van der Waals surface area contributed by atoms with Gasteiger partial charge in [0.15, 0.2) is 0 Å². The van der Waals surface area contributed by atoms with Gasteiger partial charge in [-0.25, -0.2) is 0 Å². The SMILES string of the molecule is CC(C)CCCC(C)C1CCC2C3C(O)CC4CC(=O)CCC4(C)C3CC(O)C12C. The highest BCUT2D eigenvalue weighted by Crippen LogP contribution is 2.68. The van der Waals surface area contributed by atoms with Gasteiger partial charge in [-0.3, -0.25) is 4.79 Å². The van der Waals surface area contributed by atoms with Crippen molar-refractivity contribution in [3.05, 3.63) is 0 Å². The number of carbonyl (C=O) groups excluding carboxylic acids is 1. The van der Waals surface area contributed by atoms with Crippen LogP contribution in [0.2, 0.25) is 0 Å². The molecule has 0 radical (unpaired) electrons. The topological polar surface area (TPSA) is 57.5 Å². The van der Waals surface area contributed by atoms with Crippen molar-refractivity contribution in [1.82, 2.24) is 0 Å². The van der Waals surface area contributed by atoms with E-state index in [-0.39, 0.29) is 23.0 Å². The second-order valence-corrected chi connectivity index (χ2v) is 12.6. The standard InChI is InChI=1S/C27H46O3/c1-16(2)7-6-8-17(3)20-9-10-21-25-22(15-24(30)27(20,21)5)26(4)12-11-19(28)13-18(26)14-23(25)29/h16-18,20-25,29-30H,6-15H2,1-5H3. The summed E-state index contributed by atoms with van der Waals surface area (Å²) in [6.45, 7) is 11.8. The number of rotatable bonds is 5. The van der Waals surface area contributed by atoms with E-state index in [0.29, 0.717) is 54.1 Å². The number of carbonyl (C=O) groups is 1. The molecular weight excluding hydrogens is 372 g/mol. The molecule has 0 aromatic rings. The van der Waals surface area contributed by atoms with Crippen molar-refractivity contribution in [3.8, 4) is 0 Å². The number of aliphatic hydroxyl groups excluding tert-OH is 2. The lowest BCUT2D eigenvalue weighted by molar-refractivity contribution is -0.201. The van der Waals surface area contributed by atoms with Crippen molar-refractivity contribution >= 4 is 5.78 Å². The van der Waals surface area contributed by atoms with Crippen LogP contribution in [0.1, 0.15) is 98.8 Å². The van der Waals surface area contributed by atoms with Crippen LogP contribution < -0.4 is 0 Å². The van der Waals surface area contributed by atoms with Crippen LogP contribution in [0, 0.1) is 52.3 Å². The molecule has 3 nitrogen and oxygen atoms in total. The lowest BCUT2D eigenvalue weighted by Gasteiger charge is -2.63. The van der Waals surface area contributed by atoms with E-state index in [1.165, 1.54) is 25.7 Å². The minimum Gasteiger partial charge on any atom is -0.393 e. The third-order valence-corrected chi connectivity index (χ3v) is 10.8. The first-order chi connectivity index (χ1) is 14.1. The largest absolute Gasteiger partial charge is 0.393 e. The Morgan fingerprint density at radius 3 is 2.47 bits per heavy atom. The summed E-state index contributed by atoms with van der Waals surface area (Å²) in [5.41, 5.74) is 0.0498. The molecule has 2 N–H and O–H groups in total. The number of hydrogen-bond donors (Lipinski definition) is 2. The molecule has 0 heterocycles. The smallest absolute Gasteiger partial charge is 0.133 e. The predicted octanol–water partition coefficient (Wildman–Crippen LogP) is 5.62. The minimum atomic E-state index is -0.300. The van der Waals surface area contributed by atoms with Gasteiger partial charge in [-0.15, -0.1) is 0 Å². The molecule has 172 valence electrons. The molecule has 4 rings (SSSR count). The van der Waals surface area contributed by atoms with Crippen LogP contribution in [-0.2, 0) is 4.79 Å². The van der Waals surface area contributed by atoms with Crippen molar-refractivity contribution < 1.29 is 15.0 Å². The summed E-state index contributed by atoms with van der Waals surface area (Å²) >= 11 is 0. The highest BCUT2D eigenvalue weighted by molar-refractivity contribution is 5.79. The molecule has 4 saturated carbocycles. The Morgan fingerprint density at radius 2 is 1.77 bits per heavy atom.